The topological polar surface area (TPSA) is 84.4 Å². The molecule has 0 aromatic heterocycles. The smallest absolute Gasteiger partial charge is 0.273 e. The van der Waals surface area contributed by atoms with Crippen LogP contribution in [0.2, 0.25) is 0 Å². The Labute approximate surface area is 103 Å². The number of hydrogen-bond acceptors (Lipinski definition) is 6. The second kappa shape index (κ2) is 5.24. The van der Waals surface area contributed by atoms with Crippen molar-refractivity contribution in [3.8, 4) is 0 Å². The van der Waals surface area contributed by atoms with Gasteiger partial charge in [0.25, 0.3) is 5.69 Å². The van der Waals surface area contributed by atoms with Gasteiger partial charge in [-0.25, -0.2) is 0 Å². The van der Waals surface area contributed by atoms with E-state index >= 15 is 0 Å². The zero-order valence-electron chi connectivity index (χ0n) is 9.26. The number of nitro benzene ring substituents is 1. The summed E-state index contributed by atoms with van der Waals surface area (Å²) in [7, 11) is 0. The zero-order chi connectivity index (χ0) is 12.3. The van der Waals surface area contributed by atoms with Crippen LogP contribution in [-0.4, -0.2) is 29.5 Å². The third-order valence-electron chi connectivity index (χ3n) is 2.66. The summed E-state index contributed by atoms with van der Waals surface area (Å²) in [5, 5.41) is 10.8. The Kier molecular flexibility index (Phi) is 3.70. The largest absolute Gasteiger partial charge is 0.370 e. The van der Waals surface area contributed by atoms with Crippen molar-refractivity contribution in [2.75, 3.05) is 34.9 Å². The molecule has 2 rings (SSSR count). The van der Waals surface area contributed by atoms with Gasteiger partial charge in [-0.15, -0.1) is 0 Å². The van der Waals surface area contributed by atoms with Crippen LogP contribution in [-0.2, 0) is 0 Å². The predicted octanol–water partition coefficient (Wildman–Crippen LogP) is 1.43. The van der Waals surface area contributed by atoms with E-state index in [0.29, 0.717) is 5.69 Å². The summed E-state index contributed by atoms with van der Waals surface area (Å²) in [6.45, 7) is 1.83. The van der Waals surface area contributed by atoms with Gasteiger partial charge < -0.3 is 10.3 Å². The summed E-state index contributed by atoms with van der Waals surface area (Å²) in [5.74, 6) is 7.42. The molecule has 0 amide bonds. The molecule has 0 bridgehead atoms. The number of hydrogen-bond donors (Lipinski definition) is 2. The lowest BCUT2D eigenvalue weighted by molar-refractivity contribution is -0.384. The Balaban J connectivity index is 2.31. The van der Waals surface area contributed by atoms with Crippen LogP contribution in [0.5, 0.6) is 0 Å². The molecule has 6 nitrogen and oxygen atoms in total. The van der Waals surface area contributed by atoms with E-state index in [1.54, 1.807) is 6.07 Å². The Morgan fingerprint density at radius 1 is 1.35 bits per heavy atom. The van der Waals surface area contributed by atoms with E-state index in [2.05, 4.69) is 10.3 Å². The maximum atomic E-state index is 10.8. The quantitative estimate of drug-likeness (QED) is 0.482. The summed E-state index contributed by atoms with van der Waals surface area (Å²) < 4.78 is 0. The van der Waals surface area contributed by atoms with Gasteiger partial charge in [0.1, 0.15) is 0 Å². The van der Waals surface area contributed by atoms with Crippen LogP contribution in [0.15, 0.2) is 18.2 Å². The van der Waals surface area contributed by atoms with Gasteiger partial charge in [-0.3, -0.25) is 16.0 Å². The molecule has 0 aliphatic carbocycles. The fraction of sp³-hybridized carbons (Fsp3) is 0.400. The summed E-state index contributed by atoms with van der Waals surface area (Å²) in [4.78, 5) is 12.6. The van der Waals surface area contributed by atoms with E-state index < -0.39 is 4.92 Å². The second-order valence-corrected chi connectivity index (χ2v) is 4.96. The molecule has 1 saturated heterocycles. The Morgan fingerprint density at radius 3 is 2.65 bits per heavy atom. The second-order valence-electron chi connectivity index (χ2n) is 3.74. The first-order chi connectivity index (χ1) is 8.20. The van der Waals surface area contributed by atoms with Gasteiger partial charge in [0.15, 0.2) is 0 Å². The van der Waals surface area contributed by atoms with E-state index in [0.717, 1.165) is 30.3 Å². The van der Waals surface area contributed by atoms with Crippen molar-refractivity contribution in [1.82, 2.24) is 0 Å². The number of nitrogens with one attached hydrogen (secondary N) is 1. The van der Waals surface area contributed by atoms with E-state index in [9.17, 15) is 10.1 Å². The lowest BCUT2D eigenvalue weighted by Crippen LogP contribution is -2.32. The molecule has 1 aliphatic rings. The number of non-ortho nitro benzene ring substituents is 1. The fourth-order valence-electron chi connectivity index (χ4n) is 1.79. The summed E-state index contributed by atoms with van der Waals surface area (Å²) in [6.07, 6.45) is 0. The summed E-state index contributed by atoms with van der Waals surface area (Å²) in [6, 6.07) is 4.86. The Hall–Kier alpha value is -1.47. The molecule has 0 atom stereocenters. The van der Waals surface area contributed by atoms with Gasteiger partial charge in [0.05, 0.1) is 10.6 Å². The molecule has 92 valence electrons. The lowest BCUT2D eigenvalue weighted by Gasteiger charge is -2.28. The van der Waals surface area contributed by atoms with Crippen molar-refractivity contribution < 1.29 is 4.92 Å². The van der Waals surface area contributed by atoms with Crippen molar-refractivity contribution in [2.45, 2.75) is 0 Å². The molecule has 7 heteroatoms. The molecule has 1 aromatic carbocycles. The molecule has 1 heterocycles. The van der Waals surface area contributed by atoms with Gasteiger partial charge in [-0.1, -0.05) is 0 Å². The first kappa shape index (κ1) is 12.0. The highest BCUT2D eigenvalue weighted by atomic mass is 32.2. The molecule has 3 N–H and O–H groups in total. The molecule has 1 fully saturated rings. The number of benzene rings is 1. The van der Waals surface area contributed by atoms with Crippen molar-refractivity contribution in [3.63, 3.8) is 0 Å². The molecule has 17 heavy (non-hydrogen) atoms. The number of hydrazine groups is 1. The normalized spacial score (nSPS) is 15.7. The average molecular weight is 254 g/mol. The zero-order valence-corrected chi connectivity index (χ0v) is 10.1. The standard InChI is InChI=1S/C10H14N4O2S/c11-12-8-5-9(7-10(6-8)14(15)16)13-1-3-17-4-2-13/h5-7,12H,1-4,11H2. The predicted molar refractivity (Wildman–Crippen MR) is 70.4 cm³/mol. The van der Waals surface area contributed by atoms with Crippen LogP contribution in [0, 0.1) is 10.1 Å². The van der Waals surface area contributed by atoms with Crippen LogP contribution >= 0.6 is 11.8 Å². The first-order valence-corrected chi connectivity index (χ1v) is 6.45. The van der Waals surface area contributed by atoms with Crippen molar-refractivity contribution in [2.24, 2.45) is 5.84 Å². The highest BCUT2D eigenvalue weighted by molar-refractivity contribution is 7.99. The third kappa shape index (κ3) is 2.80. The van der Waals surface area contributed by atoms with Crippen molar-refractivity contribution >= 4 is 28.8 Å². The minimum absolute atomic E-state index is 0.0636. The molecule has 1 aromatic rings. The summed E-state index contributed by atoms with van der Waals surface area (Å²) >= 11 is 1.90. The minimum Gasteiger partial charge on any atom is -0.370 e. The van der Waals surface area contributed by atoms with Crippen molar-refractivity contribution in [1.29, 1.82) is 0 Å². The van der Waals surface area contributed by atoms with Crippen LogP contribution in [0.4, 0.5) is 17.1 Å². The van der Waals surface area contributed by atoms with Crippen LogP contribution in [0.25, 0.3) is 0 Å². The molecule has 0 unspecified atom stereocenters. The highest BCUT2D eigenvalue weighted by Crippen LogP contribution is 2.28. The number of nitrogens with zero attached hydrogens (tertiary/aromatic N) is 2. The molecule has 0 spiro atoms. The number of thioether (sulfide) groups is 1. The molecule has 0 saturated carbocycles. The van der Waals surface area contributed by atoms with E-state index in [1.165, 1.54) is 6.07 Å². The monoisotopic (exact) mass is 254 g/mol. The van der Waals surface area contributed by atoms with Gasteiger partial charge >= 0.3 is 0 Å². The van der Waals surface area contributed by atoms with Gasteiger partial charge in [-0.2, -0.15) is 11.8 Å². The van der Waals surface area contributed by atoms with Crippen LogP contribution < -0.4 is 16.2 Å². The van der Waals surface area contributed by atoms with Crippen molar-refractivity contribution in [3.05, 3.63) is 28.3 Å². The fourth-order valence-corrected chi connectivity index (χ4v) is 2.69. The number of nitrogen functional groups attached to an aromatic ring is 1. The number of nitrogens with two attached hydrogens (primary N) is 1. The number of nitro groups is 1. The summed E-state index contributed by atoms with van der Waals surface area (Å²) in [5.41, 5.74) is 3.95. The number of rotatable bonds is 3. The molecule has 0 radical (unpaired) electrons. The Morgan fingerprint density at radius 2 is 2.06 bits per heavy atom. The minimum atomic E-state index is -0.400. The van der Waals surface area contributed by atoms with Gasteiger partial charge in [0.2, 0.25) is 0 Å². The SMILES string of the molecule is NNc1cc(N2CCSCC2)cc([N+](=O)[O-])c1. The van der Waals surface area contributed by atoms with Gasteiger partial charge in [-0.05, 0) is 6.07 Å². The van der Waals surface area contributed by atoms with E-state index in [1.807, 2.05) is 17.8 Å². The lowest BCUT2D eigenvalue weighted by atomic mass is 10.2. The maximum Gasteiger partial charge on any atom is 0.273 e. The Bertz CT molecular complexity index is 421. The van der Waals surface area contributed by atoms with Crippen LogP contribution in [0.1, 0.15) is 0 Å². The molecular formula is C10H14N4O2S. The van der Waals surface area contributed by atoms with Gasteiger partial charge in [0, 0.05) is 42.4 Å². The third-order valence-corrected chi connectivity index (χ3v) is 3.60. The van der Waals surface area contributed by atoms with E-state index in [-0.39, 0.29) is 5.69 Å². The molecule has 1 aliphatic heterocycles. The first-order valence-electron chi connectivity index (χ1n) is 5.29. The highest BCUT2D eigenvalue weighted by Gasteiger charge is 2.16. The van der Waals surface area contributed by atoms with E-state index in [4.69, 9.17) is 5.84 Å². The molecular weight excluding hydrogens is 240 g/mol. The van der Waals surface area contributed by atoms with Crippen LogP contribution in [0.3, 0.4) is 0 Å². The number of anilines is 2. The maximum absolute atomic E-state index is 10.8. The average Bonchev–Trinajstić information content (AvgIpc) is 2.39.